The Morgan fingerprint density at radius 2 is 2.04 bits per heavy atom. The van der Waals surface area contributed by atoms with Gasteiger partial charge in [-0.25, -0.2) is 9.67 Å². The minimum absolute atomic E-state index is 0. The van der Waals surface area contributed by atoms with Crippen LogP contribution >= 0.6 is 36.2 Å². The number of nitrogens with zero attached hydrogens (tertiary/aromatic N) is 5. The van der Waals surface area contributed by atoms with Gasteiger partial charge in [0.05, 0.1) is 29.0 Å². The van der Waals surface area contributed by atoms with Crippen molar-refractivity contribution in [3.8, 4) is 0 Å². The van der Waals surface area contributed by atoms with E-state index in [9.17, 15) is 4.79 Å². The van der Waals surface area contributed by atoms with E-state index in [1.165, 1.54) is 0 Å². The van der Waals surface area contributed by atoms with E-state index in [-0.39, 0.29) is 30.7 Å². The second kappa shape index (κ2) is 9.45. The Labute approximate surface area is 174 Å². The van der Waals surface area contributed by atoms with Crippen molar-refractivity contribution in [3.05, 3.63) is 41.2 Å². The highest BCUT2D eigenvalue weighted by Crippen LogP contribution is 2.23. The first-order valence-electron chi connectivity index (χ1n) is 8.43. The van der Waals surface area contributed by atoms with Gasteiger partial charge in [-0.2, -0.15) is 0 Å². The molecule has 4 rings (SSSR count). The summed E-state index contributed by atoms with van der Waals surface area (Å²) in [4.78, 5) is 18.9. The molecule has 0 unspecified atom stereocenters. The molecule has 1 fully saturated rings. The van der Waals surface area contributed by atoms with Crippen LogP contribution in [-0.2, 0) is 6.54 Å². The zero-order valence-corrected chi connectivity index (χ0v) is 17.3. The predicted octanol–water partition coefficient (Wildman–Crippen LogP) is 2.93. The van der Waals surface area contributed by atoms with E-state index in [2.05, 4.69) is 20.6 Å². The van der Waals surface area contributed by atoms with Crippen LogP contribution in [0.1, 0.15) is 34.4 Å². The molecule has 10 heteroatoms. The SMILES string of the molecule is CN(Cc1nc2ccccc2s1)C(=O)c1cn(C2CCNCC2)nn1.Cl.Cl. The minimum Gasteiger partial charge on any atom is -0.333 e. The van der Waals surface area contributed by atoms with Crippen molar-refractivity contribution in [2.45, 2.75) is 25.4 Å². The minimum atomic E-state index is -0.126. The lowest BCUT2D eigenvalue weighted by molar-refractivity contribution is 0.0779. The van der Waals surface area contributed by atoms with Crippen LogP contribution in [0.25, 0.3) is 10.2 Å². The van der Waals surface area contributed by atoms with Gasteiger partial charge < -0.3 is 10.2 Å². The largest absolute Gasteiger partial charge is 0.333 e. The quantitative estimate of drug-likeness (QED) is 0.690. The fourth-order valence-corrected chi connectivity index (χ4v) is 4.10. The van der Waals surface area contributed by atoms with Gasteiger partial charge in [-0.3, -0.25) is 4.79 Å². The third-order valence-corrected chi connectivity index (χ3v) is 5.49. The first-order valence-corrected chi connectivity index (χ1v) is 9.25. The van der Waals surface area contributed by atoms with Crippen LogP contribution in [0.2, 0.25) is 0 Å². The summed E-state index contributed by atoms with van der Waals surface area (Å²) in [5.74, 6) is -0.126. The van der Waals surface area contributed by atoms with Gasteiger partial charge in [-0.05, 0) is 38.1 Å². The maximum Gasteiger partial charge on any atom is 0.276 e. The highest BCUT2D eigenvalue weighted by atomic mass is 35.5. The third kappa shape index (κ3) is 4.76. The molecule has 1 amide bonds. The summed E-state index contributed by atoms with van der Waals surface area (Å²) in [7, 11) is 1.78. The van der Waals surface area contributed by atoms with Crippen LogP contribution in [0.4, 0.5) is 0 Å². The van der Waals surface area contributed by atoms with Crippen molar-refractivity contribution in [1.29, 1.82) is 0 Å². The highest BCUT2D eigenvalue weighted by Gasteiger charge is 2.21. The summed E-state index contributed by atoms with van der Waals surface area (Å²) in [5.41, 5.74) is 1.36. The lowest BCUT2D eigenvalue weighted by atomic mass is 10.1. The van der Waals surface area contributed by atoms with Crippen molar-refractivity contribution in [2.24, 2.45) is 0 Å². The van der Waals surface area contributed by atoms with E-state index in [0.29, 0.717) is 18.3 Å². The summed E-state index contributed by atoms with van der Waals surface area (Å²) in [6, 6.07) is 8.33. The zero-order valence-electron chi connectivity index (χ0n) is 14.9. The Kier molecular flexibility index (Phi) is 7.55. The van der Waals surface area contributed by atoms with Crippen LogP contribution in [0, 0.1) is 0 Å². The van der Waals surface area contributed by atoms with E-state index in [4.69, 9.17) is 0 Å². The Balaban J connectivity index is 0.00000131. The van der Waals surface area contributed by atoms with Gasteiger partial charge >= 0.3 is 0 Å². The van der Waals surface area contributed by atoms with Crippen molar-refractivity contribution < 1.29 is 4.79 Å². The Bertz CT molecular complexity index is 859. The van der Waals surface area contributed by atoms with Crippen molar-refractivity contribution >= 4 is 52.3 Å². The van der Waals surface area contributed by atoms with Crippen LogP contribution in [0.5, 0.6) is 0 Å². The van der Waals surface area contributed by atoms with Crippen LogP contribution < -0.4 is 5.32 Å². The number of fused-ring (bicyclic) bond motifs is 1. The first-order chi connectivity index (χ1) is 12.2. The first kappa shape index (κ1) is 21.6. The molecule has 2 aromatic heterocycles. The molecule has 146 valence electrons. The molecule has 1 saturated heterocycles. The van der Waals surface area contributed by atoms with Gasteiger partial charge in [0.15, 0.2) is 5.69 Å². The van der Waals surface area contributed by atoms with E-state index in [0.717, 1.165) is 41.2 Å². The zero-order chi connectivity index (χ0) is 17.2. The third-order valence-electron chi connectivity index (χ3n) is 4.47. The van der Waals surface area contributed by atoms with Gasteiger partial charge in [0.1, 0.15) is 5.01 Å². The van der Waals surface area contributed by atoms with E-state index in [1.807, 2.05) is 28.9 Å². The number of hydrogen-bond acceptors (Lipinski definition) is 6. The molecule has 0 radical (unpaired) electrons. The normalized spacial score (nSPS) is 14.4. The van der Waals surface area contributed by atoms with E-state index in [1.54, 1.807) is 29.5 Å². The lowest BCUT2D eigenvalue weighted by Crippen LogP contribution is -2.29. The summed E-state index contributed by atoms with van der Waals surface area (Å²) >= 11 is 1.61. The molecule has 0 atom stereocenters. The number of halogens is 2. The summed E-state index contributed by atoms with van der Waals surface area (Å²) in [5, 5.41) is 12.5. The molecule has 3 heterocycles. The van der Waals surface area contributed by atoms with Gasteiger partial charge in [0, 0.05) is 7.05 Å². The second-order valence-corrected chi connectivity index (χ2v) is 7.42. The smallest absolute Gasteiger partial charge is 0.276 e. The van der Waals surface area contributed by atoms with E-state index < -0.39 is 0 Å². The molecular formula is C17H22Cl2N6OS. The number of carbonyl (C=O) groups excluding carboxylic acids is 1. The van der Waals surface area contributed by atoms with Crippen LogP contribution in [0.15, 0.2) is 30.5 Å². The van der Waals surface area contributed by atoms with E-state index >= 15 is 0 Å². The van der Waals surface area contributed by atoms with Crippen LogP contribution in [-0.4, -0.2) is 50.9 Å². The number of aromatic nitrogens is 4. The molecule has 7 nitrogen and oxygen atoms in total. The van der Waals surface area contributed by atoms with Gasteiger partial charge in [0.25, 0.3) is 5.91 Å². The molecular weight excluding hydrogens is 407 g/mol. The molecule has 0 saturated carbocycles. The summed E-state index contributed by atoms with van der Waals surface area (Å²) < 4.78 is 2.97. The molecule has 1 aliphatic heterocycles. The summed E-state index contributed by atoms with van der Waals surface area (Å²) in [6.45, 7) is 2.43. The standard InChI is InChI=1S/C17H20N6OS.2ClH/c1-22(11-16-19-13-4-2-3-5-15(13)25-16)17(24)14-10-23(21-20-14)12-6-8-18-9-7-12;;/h2-5,10,12,18H,6-9,11H2,1H3;2*1H. The fraction of sp³-hybridized carbons (Fsp3) is 0.412. The summed E-state index contributed by atoms with van der Waals surface area (Å²) in [6.07, 6.45) is 3.80. The maximum absolute atomic E-state index is 12.6. The number of piperidine rings is 1. The molecule has 0 bridgehead atoms. The molecule has 1 aliphatic rings. The number of nitrogens with one attached hydrogen (secondary N) is 1. The fourth-order valence-electron chi connectivity index (χ4n) is 3.08. The average Bonchev–Trinajstić information content (AvgIpc) is 3.28. The molecule has 27 heavy (non-hydrogen) atoms. The number of hydrogen-bond donors (Lipinski definition) is 1. The van der Waals surface area contributed by atoms with Gasteiger partial charge in [-0.15, -0.1) is 41.2 Å². The number of thiazole rings is 1. The Hall–Kier alpha value is -1.74. The topological polar surface area (TPSA) is 75.9 Å². The van der Waals surface area contributed by atoms with Gasteiger partial charge in [0.2, 0.25) is 0 Å². The molecule has 0 aliphatic carbocycles. The predicted molar refractivity (Wildman–Crippen MR) is 111 cm³/mol. The van der Waals surface area contributed by atoms with Crippen molar-refractivity contribution in [1.82, 2.24) is 30.2 Å². The Morgan fingerprint density at radius 1 is 1.30 bits per heavy atom. The number of amides is 1. The number of carbonyl (C=O) groups is 1. The number of benzene rings is 1. The number of rotatable bonds is 4. The number of para-hydroxylation sites is 1. The highest BCUT2D eigenvalue weighted by molar-refractivity contribution is 7.18. The van der Waals surface area contributed by atoms with Crippen LogP contribution in [0.3, 0.4) is 0 Å². The molecule has 0 spiro atoms. The molecule has 1 aromatic carbocycles. The van der Waals surface area contributed by atoms with Gasteiger partial charge in [-0.1, -0.05) is 17.3 Å². The monoisotopic (exact) mass is 428 g/mol. The molecule has 3 aromatic rings. The maximum atomic E-state index is 12.6. The van der Waals surface area contributed by atoms with Crippen molar-refractivity contribution in [3.63, 3.8) is 0 Å². The Morgan fingerprint density at radius 3 is 2.78 bits per heavy atom. The second-order valence-electron chi connectivity index (χ2n) is 6.30. The van der Waals surface area contributed by atoms with Crippen molar-refractivity contribution in [2.75, 3.05) is 20.1 Å². The molecule has 1 N–H and O–H groups in total. The lowest BCUT2D eigenvalue weighted by Gasteiger charge is -2.22. The average molecular weight is 429 g/mol.